The van der Waals surface area contributed by atoms with Gasteiger partial charge in [-0.05, 0) is 43.7 Å². The van der Waals surface area contributed by atoms with Gasteiger partial charge in [0.15, 0.2) is 22.4 Å². The van der Waals surface area contributed by atoms with Crippen LogP contribution in [0.3, 0.4) is 0 Å². The minimum absolute atomic E-state index is 0.0250. The van der Waals surface area contributed by atoms with Crippen LogP contribution in [0.1, 0.15) is 49.0 Å². The average Bonchev–Trinajstić information content (AvgIpc) is 3.55. The number of hydrogen-bond acceptors (Lipinski definition) is 8. The molecule has 0 amide bonds. The Morgan fingerprint density at radius 3 is 2.23 bits per heavy atom. The van der Waals surface area contributed by atoms with Gasteiger partial charge >= 0.3 is 0 Å². The summed E-state index contributed by atoms with van der Waals surface area (Å²) in [7, 11) is 4.63. The maximum atomic E-state index is 13.0. The van der Waals surface area contributed by atoms with Gasteiger partial charge in [-0.1, -0.05) is 18.7 Å². The topological polar surface area (TPSA) is 78.7 Å². The first-order valence-electron chi connectivity index (χ1n) is 10.7. The van der Waals surface area contributed by atoms with Crippen molar-refractivity contribution in [2.45, 2.75) is 43.8 Å². The van der Waals surface area contributed by atoms with Crippen LogP contribution >= 0.6 is 11.8 Å². The average molecular weight is 447 g/mol. The zero-order valence-electron chi connectivity index (χ0n) is 18.6. The molecule has 0 atom stereocenters. The molecule has 168 valence electrons. The van der Waals surface area contributed by atoms with Crippen LogP contribution in [0.4, 0.5) is 5.95 Å². The van der Waals surface area contributed by atoms with Gasteiger partial charge in [0.05, 0.1) is 27.1 Å². The van der Waals surface area contributed by atoms with Crippen molar-refractivity contribution in [1.29, 1.82) is 0 Å². The van der Waals surface area contributed by atoms with Crippen molar-refractivity contribution in [2.75, 3.05) is 45.1 Å². The monoisotopic (exact) mass is 446 g/mol. The highest BCUT2D eigenvalue weighted by atomic mass is 32.2. The van der Waals surface area contributed by atoms with Gasteiger partial charge in [-0.15, -0.1) is 10.2 Å². The van der Waals surface area contributed by atoms with Crippen molar-refractivity contribution < 1.29 is 19.0 Å². The second-order valence-electron chi connectivity index (χ2n) is 8.18. The largest absolute Gasteiger partial charge is 0.493 e. The molecule has 1 aliphatic heterocycles. The molecule has 0 N–H and O–H groups in total. The number of hydrogen-bond donors (Lipinski definition) is 0. The Bertz CT molecular complexity index is 911. The predicted octanol–water partition coefficient (Wildman–Crippen LogP) is 3.85. The van der Waals surface area contributed by atoms with Crippen molar-refractivity contribution >= 4 is 23.5 Å². The molecule has 0 spiro atoms. The van der Waals surface area contributed by atoms with Crippen molar-refractivity contribution in [2.24, 2.45) is 5.92 Å². The van der Waals surface area contributed by atoms with E-state index in [1.165, 1.54) is 24.6 Å². The number of anilines is 1. The van der Waals surface area contributed by atoms with Crippen molar-refractivity contribution in [3.63, 3.8) is 0 Å². The zero-order chi connectivity index (χ0) is 22.0. The van der Waals surface area contributed by atoms with E-state index in [0.717, 1.165) is 43.0 Å². The molecule has 1 aromatic heterocycles. The standard InChI is InChI=1S/C22H30N4O4S/c1-14-7-9-25(10-8-14)21-23-24-22(26(21)16-5-6-16)31-13-17(27)15-11-18(28-2)20(30-4)19(12-15)29-3/h11-12,14,16H,5-10,13H2,1-4H3. The Hall–Kier alpha value is -2.42. The molecule has 0 radical (unpaired) electrons. The first-order chi connectivity index (χ1) is 15.0. The van der Waals surface area contributed by atoms with Gasteiger partial charge in [-0.25, -0.2) is 0 Å². The van der Waals surface area contributed by atoms with E-state index in [2.05, 4.69) is 26.6 Å². The van der Waals surface area contributed by atoms with Gasteiger partial charge in [0.2, 0.25) is 11.7 Å². The third kappa shape index (κ3) is 4.61. The van der Waals surface area contributed by atoms with Crippen molar-refractivity contribution in [1.82, 2.24) is 14.8 Å². The number of carbonyl (C=O) groups is 1. The normalized spacial score (nSPS) is 17.0. The summed E-state index contributed by atoms with van der Waals surface area (Å²) in [5, 5.41) is 9.77. The van der Waals surface area contributed by atoms with Crippen LogP contribution in [0.15, 0.2) is 17.3 Å². The van der Waals surface area contributed by atoms with E-state index in [9.17, 15) is 4.79 Å². The number of piperidine rings is 1. The van der Waals surface area contributed by atoms with Crippen molar-refractivity contribution in [3.05, 3.63) is 17.7 Å². The predicted molar refractivity (Wildman–Crippen MR) is 120 cm³/mol. The van der Waals surface area contributed by atoms with Crippen LogP contribution in [0.2, 0.25) is 0 Å². The van der Waals surface area contributed by atoms with Crippen LogP contribution in [-0.2, 0) is 0 Å². The molecule has 2 aliphatic rings. The summed E-state index contributed by atoms with van der Waals surface area (Å²) in [6, 6.07) is 3.83. The summed E-state index contributed by atoms with van der Waals surface area (Å²) >= 11 is 1.44. The maximum Gasteiger partial charge on any atom is 0.228 e. The highest BCUT2D eigenvalue weighted by Gasteiger charge is 2.32. The summed E-state index contributed by atoms with van der Waals surface area (Å²) in [5.74, 6) is 3.37. The van der Waals surface area contributed by atoms with Crippen LogP contribution in [-0.4, -0.2) is 60.7 Å². The van der Waals surface area contributed by atoms with Gasteiger partial charge in [0, 0.05) is 24.7 Å². The van der Waals surface area contributed by atoms with E-state index in [4.69, 9.17) is 14.2 Å². The highest BCUT2D eigenvalue weighted by molar-refractivity contribution is 7.99. The van der Waals surface area contributed by atoms with E-state index in [-0.39, 0.29) is 11.5 Å². The number of thioether (sulfide) groups is 1. The fourth-order valence-corrected chi connectivity index (χ4v) is 4.79. The minimum Gasteiger partial charge on any atom is -0.493 e. The van der Waals surface area contributed by atoms with E-state index >= 15 is 0 Å². The van der Waals surface area contributed by atoms with Gasteiger partial charge in [0.25, 0.3) is 0 Å². The zero-order valence-corrected chi connectivity index (χ0v) is 19.4. The van der Waals surface area contributed by atoms with E-state index in [0.29, 0.717) is 28.9 Å². The summed E-state index contributed by atoms with van der Waals surface area (Å²) in [6.45, 7) is 4.33. The summed E-state index contributed by atoms with van der Waals surface area (Å²) in [6.07, 6.45) is 4.65. The van der Waals surface area contributed by atoms with E-state index in [1.807, 2.05) is 0 Å². The fraction of sp³-hybridized carbons (Fsp3) is 0.591. The number of ketones is 1. The molecule has 1 aliphatic carbocycles. The molecule has 31 heavy (non-hydrogen) atoms. The lowest BCUT2D eigenvalue weighted by molar-refractivity contribution is 0.102. The van der Waals surface area contributed by atoms with Gasteiger partial charge in [-0.3, -0.25) is 9.36 Å². The number of benzene rings is 1. The summed E-state index contributed by atoms with van der Waals surface area (Å²) in [5.41, 5.74) is 0.518. The van der Waals surface area contributed by atoms with Crippen LogP contribution in [0, 0.1) is 5.92 Å². The van der Waals surface area contributed by atoms with E-state index < -0.39 is 0 Å². The summed E-state index contributed by atoms with van der Waals surface area (Å²) < 4.78 is 18.3. The molecule has 0 bridgehead atoms. The van der Waals surface area contributed by atoms with Gasteiger partial charge < -0.3 is 19.1 Å². The lowest BCUT2D eigenvalue weighted by Crippen LogP contribution is -2.34. The third-order valence-corrected chi connectivity index (χ3v) is 6.89. The maximum absolute atomic E-state index is 13.0. The van der Waals surface area contributed by atoms with Crippen LogP contribution in [0.5, 0.6) is 17.2 Å². The Balaban J connectivity index is 1.50. The first kappa shape index (κ1) is 21.8. The second kappa shape index (κ2) is 9.38. The SMILES string of the molecule is COc1cc(C(=O)CSc2nnc(N3CCC(C)CC3)n2C2CC2)cc(OC)c1OC. The smallest absolute Gasteiger partial charge is 0.228 e. The van der Waals surface area contributed by atoms with Crippen LogP contribution in [0.25, 0.3) is 0 Å². The molecule has 0 unspecified atom stereocenters. The Labute approximate surface area is 187 Å². The number of carbonyl (C=O) groups excluding carboxylic acids is 1. The van der Waals surface area contributed by atoms with Crippen LogP contribution < -0.4 is 19.1 Å². The second-order valence-corrected chi connectivity index (χ2v) is 9.12. The molecule has 2 fully saturated rings. The Morgan fingerprint density at radius 2 is 1.68 bits per heavy atom. The van der Waals surface area contributed by atoms with Crippen molar-refractivity contribution in [3.8, 4) is 17.2 Å². The molecule has 8 nitrogen and oxygen atoms in total. The first-order valence-corrected chi connectivity index (χ1v) is 11.7. The quantitative estimate of drug-likeness (QED) is 0.425. The summed E-state index contributed by atoms with van der Waals surface area (Å²) in [4.78, 5) is 15.3. The highest BCUT2D eigenvalue weighted by Crippen LogP contribution is 2.42. The number of aromatic nitrogens is 3. The Morgan fingerprint density at radius 1 is 1.03 bits per heavy atom. The number of nitrogens with zero attached hydrogens (tertiary/aromatic N) is 4. The molecular formula is C22H30N4O4S. The number of ether oxygens (including phenoxy) is 3. The Kier molecular flexibility index (Phi) is 6.60. The number of Topliss-reactive ketones (excluding diaryl/α,β-unsaturated/α-hetero) is 1. The fourth-order valence-electron chi connectivity index (χ4n) is 3.90. The van der Waals surface area contributed by atoms with E-state index in [1.54, 1.807) is 33.5 Å². The third-order valence-electron chi connectivity index (χ3n) is 5.94. The molecule has 1 aromatic carbocycles. The molecule has 1 saturated heterocycles. The molecule has 2 heterocycles. The van der Waals surface area contributed by atoms with Gasteiger partial charge in [0.1, 0.15) is 0 Å². The molecule has 1 saturated carbocycles. The number of rotatable bonds is 9. The minimum atomic E-state index is -0.0250. The van der Waals surface area contributed by atoms with Gasteiger partial charge in [-0.2, -0.15) is 0 Å². The molecule has 2 aromatic rings. The lowest BCUT2D eigenvalue weighted by Gasteiger charge is -2.31. The number of methoxy groups -OCH3 is 3. The molecular weight excluding hydrogens is 416 g/mol. The lowest BCUT2D eigenvalue weighted by atomic mass is 10.00. The molecule has 9 heteroatoms. The molecule has 4 rings (SSSR count).